The standard InChI is InChI=1S/C17H26BN3O3/c1-11-7-14(19)15(21-9-11)8-13(10-20-12(2)22)18-23-16(3,4)17(5,6)24-18/h7-9H,10,19H2,1-6H3,(H,20,22). The molecule has 0 radical (unpaired) electrons. The van der Waals surface area contributed by atoms with Gasteiger partial charge in [-0.05, 0) is 57.8 Å². The molecule has 24 heavy (non-hydrogen) atoms. The monoisotopic (exact) mass is 331 g/mol. The van der Waals surface area contributed by atoms with Gasteiger partial charge in [0, 0.05) is 19.7 Å². The van der Waals surface area contributed by atoms with E-state index in [2.05, 4.69) is 10.3 Å². The summed E-state index contributed by atoms with van der Waals surface area (Å²) in [4.78, 5) is 15.7. The molecular formula is C17H26BN3O3. The molecule has 0 aliphatic carbocycles. The Bertz CT molecular complexity index is 655. The van der Waals surface area contributed by atoms with Crippen LogP contribution in [0.15, 0.2) is 17.7 Å². The highest BCUT2D eigenvalue weighted by atomic mass is 16.7. The van der Waals surface area contributed by atoms with Crippen molar-refractivity contribution in [3.8, 4) is 0 Å². The average Bonchev–Trinajstić information content (AvgIpc) is 2.65. The predicted molar refractivity (Wildman–Crippen MR) is 96.1 cm³/mol. The van der Waals surface area contributed by atoms with Gasteiger partial charge in [0.05, 0.1) is 22.6 Å². The molecule has 0 bridgehead atoms. The number of aromatic nitrogens is 1. The maximum atomic E-state index is 11.3. The lowest BCUT2D eigenvalue weighted by molar-refractivity contribution is -0.118. The number of nitrogens with zero attached hydrogens (tertiary/aromatic N) is 1. The molecule has 1 aromatic rings. The molecule has 0 atom stereocenters. The number of carbonyl (C=O) groups is 1. The topological polar surface area (TPSA) is 86.5 Å². The maximum Gasteiger partial charge on any atom is 0.492 e. The molecule has 130 valence electrons. The fourth-order valence-corrected chi connectivity index (χ4v) is 2.32. The summed E-state index contributed by atoms with van der Waals surface area (Å²) in [5, 5.41) is 2.79. The third-order valence-corrected chi connectivity index (χ3v) is 4.51. The number of amides is 1. The Labute approximate surface area is 144 Å². The van der Waals surface area contributed by atoms with Crippen molar-refractivity contribution < 1.29 is 14.1 Å². The molecule has 2 rings (SSSR count). The molecular weight excluding hydrogens is 305 g/mol. The van der Waals surface area contributed by atoms with Gasteiger partial charge in [-0.1, -0.05) is 0 Å². The lowest BCUT2D eigenvalue weighted by Gasteiger charge is -2.32. The van der Waals surface area contributed by atoms with Crippen LogP contribution in [0.25, 0.3) is 6.08 Å². The van der Waals surface area contributed by atoms with E-state index >= 15 is 0 Å². The molecule has 1 fully saturated rings. The van der Waals surface area contributed by atoms with Gasteiger partial charge in [-0.25, -0.2) is 0 Å². The molecule has 1 aromatic heterocycles. The Hall–Kier alpha value is -1.86. The number of hydrogen-bond donors (Lipinski definition) is 2. The van der Waals surface area contributed by atoms with E-state index < -0.39 is 18.3 Å². The SMILES string of the molecule is CC(=O)NCC(=Cc1ncc(C)cc1N)B1OC(C)(C)C(C)(C)O1. The summed E-state index contributed by atoms with van der Waals surface area (Å²) >= 11 is 0. The molecule has 1 aliphatic rings. The third-order valence-electron chi connectivity index (χ3n) is 4.51. The van der Waals surface area contributed by atoms with Gasteiger partial charge >= 0.3 is 7.12 Å². The van der Waals surface area contributed by atoms with Crippen molar-refractivity contribution in [2.45, 2.75) is 52.7 Å². The Morgan fingerprint density at radius 1 is 1.33 bits per heavy atom. The van der Waals surface area contributed by atoms with Crippen molar-refractivity contribution in [3.63, 3.8) is 0 Å². The highest BCUT2D eigenvalue weighted by molar-refractivity contribution is 6.56. The second kappa shape index (κ2) is 6.57. The van der Waals surface area contributed by atoms with E-state index in [4.69, 9.17) is 15.0 Å². The predicted octanol–water partition coefficient (Wildman–Crippen LogP) is 2.12. The molecule has 1 saturated heterocycles. The number of carbonyl (C=O) groups excluding carboxylic acids is 1. The van der Waals surface area contributed by atoms with Gasteiger partial charge in [0.25, 0.3) is 0 Å². The van der Waals surface area contributed by atoms with E-state index in [-0.39, 0.29) is 5.91 Å². The van der Waals surface area contributed by atoms with Gasteiger partial charge in [-0.15, -0.1) is 0 Å². The second-order valence-electron chi connectivity index (χ2n) is 7.20. The van der Waals surface area contributed by atoms with Crippen LogP contribution in [0.1, 0.15) is 45.9 Å². The van der Waals surface area contributed by atoms with Crippen molar-refractivity contribution in [1.82, 2.24) is 10.3 Å². The van der Waals surface area contributed by atoms with Crippen LogP contribution in [0.5, 0.6) is 0 Å². The smallest absolute Gasteiger partial charge is 0.400 e. The van der Waals surface area contributed by atoms with Gasteiger partial charge in [-0.2, -0.15) is 0 Å². The number of nitrogens with one attached hydrogen (secondary N) is 1. The molecule has 1 amide bonds. The van der Waals surface area contributed by atoms with E-state index in [0.29, 0.717) is 17.9 Å². The van der Waals surface area contributed by atoms with Crippen molar-refractivity contribution >= 4 is 24.8 Å². The maximum absolute atomic E-state index is 11.3. The molecule has 0 unspecified atom stereocenters. The highest BCUT2D eigenvalue weighted by Gasteiger charge is 2.52. The summed E-state index contributed by atoms with van der Waals surface area (Å²) in [5.74, 6) is -0.123. The summed E-state index contributed by atoms with van der Waals surface area (Å²) in [6.07, 6.45) is 3.58. The molecule has 7 heteroatoms. The number of pyridine rings is 1. The minimum atomic E-state index is -0.565. The van der Waals surface area contributed by atoms with Crippen molar-refractivity contribution in [1.29, 1.82) is 0 Å². The van der Waals surface area contributed by atoms with E-state index in [0.717, 1.165) is 11.0 Å². The van der Waals surface area contributed by atoms with Crippen LogP contribution >= 0.6 is 0 Å². The Balaban J connectivity index is 2.35. The van der Waals surface area contributed by atoms with E-state index in [9.17, 15) is 4.79 Å². The van der Waals surface area contributed by atoms with Crippen LogP contribution < -0.4 is 11.1 Å². The number of hydrogen-bond acceptors (Lipinski definition) is 5. The number of anilines is 1. The molecule has 0 aromatic carbocycles. The fraction of sp³-hybridized carbons (Fsp3) is 0.529. The zero-order valence-electron chi connectivity index (χ0n) is 15.3. The van der Waals surface area contributed by atoms with Crippen LogP contribution in [0.3, 0.4) is 0 Å². The first kappa shape index (κ1) is 18.5. The van der Waals surface area contributed by atoms with E-state index in [1.54, 1.807) is 6.20 Å². The molecule has 3 N–H and O–H groups in total. The van der Waals surface area contributed by atoms with Crippen LogP contribution in [-0.2, 0) is 14.1 Å². The van der Waals surface area contributed by atoms with Gasteiger partial charge in [-0.3, -0.25) is 9.78 Å². The molecule has 1 aliphatic heterocycles. The Morgan fingerprint density at radius 3 is 2.42 bits per heavy atom. The minimum absolute atomic E-state index is 0.123. The van der Waals surface area contributed by atoms with E-state index in [1.165, 1.54) is 6.92 Å². The summed E-state index contributed by atoms with van der Waals surface area (Å²) in [6.45, 7) is 11.7. The van der Waals surface area contributed by atoms with Crippen LogP contribution in [0, 0.1) is 6.92 Å². The molecule has 0 saturated carbocycles. The molecule has 2 heterocycles. The molecule has 6 nitrogen and oxygen atoms in total. The lowest BCUT2D eigenvalue weighted by atomic mass is 9.77. The normalized spacial score (nSPS) is 19.4. The zero-order chi connectivity index (χ0) is 18.1. The number of rotatable bonds is 4. The molecule has 0 spiro atoms. The van der Waals surface area contributed by atoms with Crippen LogP contribution in [-0.4, -0.2) is 35.8 Å². The van der Waals surface area contributed by atoms with Gasteiger partial charge in [0.2, 0.25) is 5.91 Å². The summed E-state index contributed by atoms with van der Waals surface area (Å²) < 4.78 is 12.2. The summed E-state index contributed by atoms with van der Waals surface area (Å²) in [7, 11) is -0.565. The first-order valence-electron chi connectivity index (χ1n) is 8.04. The van der Waals surface area contributed by atoms with Crippen molar-refractivity contribution in [2.24, 2.45) is 0 Å². The highest BCUT2D eigenvalue weighted by Crippen LogP contribution is 2.38. The van der Waals surface area contributed by atoms with Gasteiger partial charge in [0.15, 0.2) is 0 Å². The minimum Gasteiger partial charge on any atom is -0.400 e. The summed E-state index contributed by atoms with van der Waals surface area (Å²) in [5.41, 5.74) is 8.11. The van der Waals surface area contributed by atoms with Gasteiger partial charge in [0.1, 0.15) is 0 Å². The van der Waals surface area contributed by atoms with Gasteiger partial charge < -0.3 is 20.4 Å². The third kappa shape index (κ3) is 3.97. The van der Waals surface area contributed by atoms with Crippen molar-refractivity contribution in [2.75, 3.05) is 12.3 Å². The first-order chi connectivity index (χ1) is 11.0. The van der Waals surface area contributed by atoms with Crippen LogP contribution in [0.2, 0.25) is 0 Å². The second-order valence-corrected chi connectivity index (χ2v) is 7.20. The Kier molecular flexibility index (Phi) is 5.06. The lowest BCUT2D eigenvalue weighted by Crippen LogP contribution is -2.41. The Morgan fingerprint density at radius 2 is 1.92 bits per heavy atom. The van der Waals surface area contributed by atoms with E-state index in [1.807, 2.05) is 46.8 Å². The number of nitrogen functional groups attached to an aromatic ring is 1. The summed E-state index contributed by atoms with van der Waals surface area (Å²) in [6, 6.07) is 1.86. The van der Waals surface area contributed by atoms with Crippen LogP contribution in [0.4, 0.5) is 5.69 Å². The quantitative estimate of drug-likeness (QED) is 0.826. The first-order valence-corrected chi connectivity index (χ1v) is 8.04. The number of aryl methyl sites for hydroxylation is 1. The largest absolute Gasteiger partial charge is 0.492 e. The number of nitrogens with two attached hydrogens (primary N) is 1. The fourth-order valence-electron chi connectivity index (χ4n) is 2.32. The average molecular weight is 331 g/mol. The van der Waals surface area contributed by atoms with Crippen molar-refractivity contribution in [3.05, 3.63) is 29.0 Å². The zero-order valence-corrected chi connectivity index (χ0v) is 15.3.